The molecule has 6 nitrogen and oxygen atoms in total. The maximum absolute atomic E-state index is 12.4. The SMILES string of the molecule is COC(=O)c1c(NC(=O)CCS(=O)(=O)c2ccc(C)cc2)sc2c1CCC2. The van der Waals surface area contributed by atoms with Gasteiger partial charge in [0.2, 0.25) is 5.91 Å². The third-order valence-electron chi connectivity index (χ3n) is 4.54. The van der Waals surface area contributed by atoms with Gasteiger partial charge in [0.1, 0.15) is 5.00 Å². The Morgan fingerprint density at radius 1 is 1.19 bits per heavy atom. The number of fused-ring (bicyclic) bond motifs is 1. The molecule has 1 amide bonds. The van der Waals surface area contributed by atoms with Crippen LogP contribution < -0.4 is 5.32 Å². The minimum Gasteiger partial charge on any atom is -0.465 e. The largest absolute Gasteiger partial charge is 0.465 e. The molecule has 3 rings (SSSR count). The number of esters is 1. The van der Waals surface area contributed by atoms with Gasteiger partial charge in [-0.15, -0.1) is 11.3 Å². The van der Waals surface area contributed by atoms with E-state index in [1.807, 2.05) is 6.92 Å². The van der Waals surface area contributed by atoms with Gasteiger partial charge in [-0.05, 0) is 43.9 Å². The van der Waals surface area contributed by atoms with Crippen LogP contribution in [0.4, 0.5) is 5.00 Å². The summed E-state index contributed by atoms with van der Waals surface area (Å²) in [4.78, 5) is 25.7. The predicted molar refractivity (Wildman–Crippen MR) is 104 cm³/mol. The van der Waals surface area contributed by atoms with Crippen molar-refractivity contribution in [1.82, 2.24) is 0 Å². The fourth-order valence-corrected chi connectivity index (χ4v) is 5.62. The molecular weight excluding hydrogens is 386 g/mol. The van der Waals surface area contributed by atoms with Gasteiger partial charge in [-0.2, -0.15) is 0 Å². The Bertz CT molecular complexity index is 974. The third-order valence-corrected chi connectivity index (χ3v) is 7.48. The zero-order chi connectivity index (χ0) is 19.6. The molecular formula is C19H21NO5S2. The van der Waals surface area contributed by atoms with Gasteiger partial charge in [-0.25, -0.2) is 13.2 Å². The average molecular weight is 408 g/mol. The van der Waals surface area contributed by atoms with Crippen LogP contribution in [0.3, 0.4) is 0 Å². The Labute approximate surface area is 162 Å². The summed E-state index contributed by atoms with van der Waals surface area (Å²) in [6.07, 6.45) is 2.46. The molecule has 1 heterocycles. The van der Waals surface area contributed by atoms with Gasteiger partial charge in [0.15, 0.2) is 9.84 Å². The number of rotatable bonds is 6. The molecule has 2 aromatic rings. The molecule has 1 aliphatic carbocycles. The Balaban J connectivity index is 1.70. The molecule has 0 aliphatic heterocycles. The summed E-state index contributed by atoms with van der Waals surface area (Å²) in [6, 6.07) is 6.54. The van der Waals surface area contributed by atoms with E-state index in [1.165, 1.54) is 18.4 Å². The first-order chi connectivity index (χ1) is 12.8. The molecule has 144 valence electrons. The van der Waals surface area contributed by atoms with Crippen molar-refractivity contribution in [2.75, 3.05) is 18.2 Å². The first-order valence-corrected chi connectivity index (χ1v) is 11.1. The number of hydrogen-bond donors (Lipinski definition) is 1. The molecule has 1 N–H and O–H groups in total. The van der Waals surface area contributed by atoms with Gasteiger partial charge in [0.05, 0.1) is 23.3 Å². The number of hydrogen-bond acceptors (Lipinski definition) is 6. The van der Waals surface area contributed by atoms with E-state index in [0.29, 0.717) is 10.6 Å². The first kappa shape index (κ1) is 19.6. The van der Waals surface area contributed by atoms with E-state index in [4.69, 9.17) is 4.74 Å². The lowest BCUT2D eigenvalue weighted by atomic mass is 10.1. The van der Waals surface area contributed by atoms with Crippen molar-refractivity contribution in [2.45, 2.75) is 37.5 Å². The number of ether oxygens (including phenoxy) is 1. The number of carbonyl (C=O) groups is 2. The highest BCUT2D eigenvalue weighted by molar-refractivity contribution is 7.91. The highest BCUT2D eigenvalue weighted by Gasteiger charge is 2.28. The van der Waals surface area contributed by atoms with Crippen LogP contribution in [0, 0.1) is 6.92 Å². The molecule has 1 aromatic carbocycles. The molecule has 0 saturated carbocycles. The van der Waals surface area contributed by atoms with E-state index >= 15 is 0 Å². The number of benzene rings is 1. The van der Waals surface area contributed by atoms with Gasteiger partial charge in [0, 0.05) is 11.3 Å². The topological polar surface area (TPSA) is 89.5 Å². The molecule has 1 aromatic heterocycles. The lowest BCUT2D eigenvalue weighted by molar-refractivity contribution is -0.115. The second-order valence-electron chi connectivity index (χ2n) is 6.48. The van der Waals surface area contributed by atoms with Crippen molar-refractivity contribution >= 4 is 38.1 Å². The molecule has 0 radical (unpaired) electrons. The van der Waals surface area contributed by atoms with Crippen molar-refractivity contribution in [1.29, 1.82) is 0 Å². The number of thiophene rings is 1. The Morgan fingerprint density at radius 3 is 2.56 bits per heavy atom. The summed E-state index contributed by atoms with van der Waals surface area (Å²) in [5.41, 5.74) is 2.31. The van der Waals surface area contributed by atoms with Crippen LogP contribution in [0.15, 0.2) is 29.2 Å². The average Bonchev–Trinajstić information content (AvgIpc) is 3.20. The summed E-state index contributed by atoms with van der Waals surface area (Å²) in [5.74, 6) is -1.20. The van der Waals surface area contributed by atoms with Crippen LogP contribution in [-0.4, -0.2) is 33.2 Å². The number of carbonyl (C=O) groups excluding carboxylic acids is 2. The van der Waals surface area contributed by atoms with E-state index in [0.717, 1.165) is 35.3 Å². The number of amides is 1. The normalized spacial score (nSPS) is 13.3. The Kier molecular flexibility index (Phi) is 5.67. The maximum atomic E-state index is 12.4. The van der Waals surface area contributed by atoms with Crippen molar-refractivity contribution in [3.63, 3.8) is 0 Å². The highest BCUT2D eigenvalue weighted by atomic mass is 32.2. The van der Waals surface area contributed by atoms with Crippen molar-refractivity contribution in [2.24, 2.45) is 0 Å². The zero-order valence-electron chi connectivity index (χ0n) is 15.2. The van der Waals surface area contributed by atoms with Crippen LogP contribution in [0.1, 0.15) is 39.2 Å². The third kappa shape index (κ3) is 4.22. The number of anilines is 1. The van der Waals surface area contributed by atoms with Crippen molar-refractivity contribution < 1.29 is 22.7 Å². The molecule has 0 fully saturated rings. The fraction of sp³-hybridized carbons (Fsp3) is 0.368. The van der Waals surface area contributed by atoms with Crippen LogP contribution in [0.5, 0.6) is 0 Å². The quantitative estimate of drug-likeness (QED) is 0.743. The van der Waals surface area contributed by atoms with E-state index < -0.39 is 21.7 Å². The highest BCUT2D eigenvalue weighted by Crippen LogP contribution is 2.39. The van der Waals surface area contributed by atoms with E-state index in [1.54, 1.807) is 24.3 Å². The van der Waals surface area contributed by atoms with Gasteiger partial charge in [-0.3, -0.25) is 4.79 Å². The van der Waals surface area contributed by atoms with Gasteiger partial charge in [-0.1, -0.05) is 17.7 Å². The second-order valence-corrected chi connectivity index (χ2v) is 9.70. The monoisotopic (exact) mass is 407 g/mol. The lowest BCUT2D eigenvalue weighted by Gasteiger charge is -2.08. The molecule has 0 unspecified atom stereocenters. The Hall–Kier alpha value is -2.19. The van der Waals surface area contributed by atoms with Crippen LogP contribution >= 0.6 is 11.3 Å². The van der Waals surface area contributed by atoms with Crippen LogP contribution in [0.2, 0.25) is 0 Å². The molecule has 0 atom stereocenters. The number of aryl methyl sites for hydroxylation is 2. The second kappa shape index (κ2) is 7.82. The van der Waals surface area contributed by atoms with Crippen molar-refractivity contribution in [3.8, 4) is 0 Å². The predicted octanol–water partition coefficient (Wildman–Crippen LogP) is 3.13. The summed E-state index contributed by atoms with van der Waals surface area (Å²) in [5, 5.41) is 3.15. The van der Waals surface area contributed by atoms with Crippen LogP contribution in [0.25, 0.3) is 0 Å². The minimum absolute atomic E-state index is 0.181. The molecule has 27 heavy (non-hydrogen) atoms. The summed E-state index contributed by atoms with van der Waals surface area (Å²) >= 11 is 1.37. The zero-order valence-corrected chi connectivity index (χ0v) is 16.8. The minimum atomic E-state index is -3.54. The van der Waals surface area contributed by atoms with E-state index in [9.17, 15) is 18.0 Å². The number of sulfone groups is 1. The van der Waals surface area contributed by atoms with Crippen molar-refractivity contribution in [3.05, 3.63) is 45.8 Å². The number of nitrogens with one attached hydrogen (secondary N) is 1. The first-order valence-electron chi connectivity index (χ1n) is 8.64. The molecule has 1 aliphatic rings. The molecule has 0 saturated heterocycles. The summed E-state index contributed by atoms with van der Waals surface area (Å²) in [6.45, 7) is 1.88. The van der Waals surface area contributed by atoms with Gasteiger partial charge < -0.3 is 10.1 Å². The molecule has 0 spiro atoms. The number of methoxy groups -OCH3 is 1. The molecule has 8 heteroatoms. The summed E-state index contributed by atoms with van der Waals surface area (Å²) in [7, 11) is -2.23. The van der Waals surface area contributed by atoms with E-state index in [-0.39, 0.29) is 17.1 Å². The van der Waals surface area contributed by atoms with Gasteiger partial charge in [0.25, 0.3) is 0 Å². The van der Waals surface area contributed by atoms with E-state index in [2.05, 4.69) is 5.32 Å². The van der Waals surface area contributed by atoms with Gasteiger partial charge >= 0.3 is 5.97 Å². The fourth-order valence-electron chi connectivity index (χ4n) is 3.09. The standard InChI is InChI=1S/C19H21NO5S2/c1-12-6-8-13(9-7-12)27(23,24)11-10-16(21)20-18-17(19(22)25-2)14-4-3-5-15(14)26-18/h6-9H,3-5,10-11H2,1-2H3,(H,20,21). The lowest BCUT2D eigenvalue weighted by Crippen LogP contribution is -2.18. The van der Waals surface area contributed by atoms with Crippen LogP contribution in [-0.2, 0) is 32.2 Å². The Morgan fingerprint density at radius 2 is 1.89 bits per heavy atom. The maximum Gasteiger partial charge on any atom is 0.341 e. The smallest absolute Gasteiger partial charge is 0.341 e. The summed E-state index contributed by atoms with van der Waals surface area (Å²) < 4.78 is 29.6. The molecule has 0 bridgehead atoms.